The first-order valence-corrected chi connectivity index (χ1v) is 3.59. The molecule has 1 unspecified atom stereocenters. The Hall–Kier alpha value is -0.570. The molecule has 3 heteroatoms. The number of carbonyl (C=O) groups is 1. The van der Waals surface area contributed by atoms with Gasteiger partial charge in [-0.25, -0.2) is 0 Å². The zero-order valence-corrected chi connectivity index (χ0v) is 6.59. The third-order valence-corrected chi connectivity index (χ3v) is 1.16. The quantitative estimate of drug-likeness (QED) is 0.474. The van der Waals surface area contributed by atoms with Crippen LogP contribution < -0.4 is 5.73 Å². The Morgan fingerprint density at radius 2 is 2.30 bits per heavy atom. The molecule has 0 bridgehead atoms. The summed E-state index contributed by atoms with van der Waals surface area (Å²) in [5.74, 6) is -0.302. The lowest BCUT2D eigenvalue weighted by Gasteiger charge is -2.09. The second-order valence-corrected chi connectivity index (χ2v) is 2.29. The summed E-state index contributed by atoms with van der Waals surface area (Å²) in [5, 5.41) is 0. The average molecular weight is 145 g/mol. The third-order valence-electron chi connectivity index (χ3n) is 1.16. The Morgan fingerprint density at radius 1 is 1.70 bits per heavy atom. The van der Waals surface area contributed by atoms with Crippen molar-refractivity contribution in [2.45, 2.75) is 39.3 Å². The summed E-state index contributed by atoms with van der Waals surface area (Å²) in [4.78, 5) is 10.3. The van der Waals surface area contributed by atoms with Gasteiger partial charge in [-0.2, -0.15) is 0 Å². The molecule has 0 amide bonds. The summed E-state index contributed by atoms with van der Waals surface area (Å²) in [6.07, 6.45) is 2.44. The molecule has 0 saturated heterocycles. The first-order chi connectivity index (χ1) is 4.66. The number of esters is 1. The van der Waals surface area contributed by atoms with Gasteiger partial charge in [-0.05, 0) is 12.8 Å². The van der Waals surface area contributed by atoms with Gasteiger partial charge in [0, 0.05) is 6.92 Å². The minimum Gasteiger partial charge on any atom is -0.447 e. The molecule has 0 spiro atoms. The van der Waals surface area contributed by atoms with Crippen LogP contribution in [-0.2, 0) is 9.53 Å². The predicted octanol–water partition coefficient (Wildman–Crippen LogP) is 1.02. The smallest absolute Gasteiger partial charge is 0.304 e. The molecule has 0 aliphatic carbocycles. The standard InChI is InChI=1S/C7H15NO2/c1-3-4-5-7(8)10-6(2)9/h7H,3-5,8H2,1-2H3. The highest BCUT2D eigenvalue weighted by Crippen LogP contribution is 1.98. The van der Waals surface area contributed by atoms with Crippen molar-refractivity contribution < 1.29 is 9.53 Å². The summed E-state index contributed by atoms with van der Waals surface area (Å²) >= 11 is 0. The summed E-state index contributed by atoms with van der Waals surface area (Å²) in [5.41, 5.74) is 5.42. The Bertz CT molecular complexity index is 104. The highest BCUT2D eigenvalue weighted by Gasteiger charge is 2.02. The highest BCUT2D eigenvalue weighted by molar-refractivity contribution is 5.66. The van der Waals surface area contributed by atoms with E-state index in [-0.39, 0.29) is 5.97 Å². The second-order valence-electron chi connectivity index (χ2n) is 2.29. The van der Waals surface area contributed by atoms with Crippen molar-refractivity contribution in [3.63, 3.8) is 0 Å². The minimum absolute atomic E-state index is 0.302. The fourth-order valence-corrected chi connectivity index (χ4v) is 0.677. The van der Waals surface area contributed by atoms with E-state index in [4.69, 9.17) is 10.5 Å². The fourth-order valence-electron chi connectivity index (χ4n) is 0.677. The average Bonchev–Trinajstić information content (AvgIpc) is 1.82. The molecule has 0 aromatic carbocycles. The summed E-state index contributed by atoms with van der Waals surface area (Å²) in [6, 6.07) is 0. The van der Waals surface area contributed by atoms with E-state index >= 15 is 0 Å². The molecule has 0 aromatic heterocycles. The number of carbonyl (C=O) groups excluding carboxylic acids is 1. The van der Waals surface area contributed by atoms with Gasteiger partial charge in [-0.15, -0.1) is 0 Å². The SMILES string of the molecule is CCCCC(N)OC(C)=O. The normalized spacial score (nSPS) is 12.7. The van der Waals surface area contributed by atoms with Gasteiger partial charge in [0.05, 0.1) is 0 Å². The molecule has 0 fully saturated rings. The molecule has 0 aromatic rings. The molecule has 0 radical (unpaired) electrons. The maximum atomic E-state index is 10.3. The van der Waals surface area contributed by atoms with Gasteiger partial charge < -0.3 is 4.74 Å². The van der Waals surface area contributed by atoms with Gasteiger partial charge in [0.15, 0.2) is 6.23 Å². The molecule has 1 atom stereocenters. The molecule has 0 aliphatic heterocycles. The summed E-state index contributed by atoms with van der Waals surface area (Å²) < 4.78 is 4.69. The van der Waals surface area contributed by atoms with Crippen LogP contribution in [0.4, 0.5) is 0 Å². The van der Waals surface area contributed by atoms with E-state index in [1.165, 1.54) is 6.92 Å². The number of ether oxygens (including phenoxy) is 1. The van der Waals surface area contributed by atoms with Crippen molar-refractivity contribution in [3.05, 3.63) is 0 Å². The van der Waals surface area contributed by atoms with Crippen LogP contribution in [0.2, 0.25) is 0 Å². The van der Waals surface area contributed by atoms with E-state index in [2.05, 4.69) is 6.92 Å². The lowest BCUT2D eigenvalue weighted by Crippen LogP contribution is -2.25. The van der Waals surface area contributed by atoms with Crippen molar-refractivity contribution in [2.75, 3.05) is 0 Å². The van der Waals surface area contributed by atoms with E-state index in [1.54, 1.807) is 0 Å². The zero-order chi connectivity index (χ0) is 7.98. The fraction of sp³-hybridized carbons (Fsp3) is 0.857. The molecule has 0 rings (SSSR count). The van der Waals surface area contributed by atoms with Crippen molar-refractivity contribution in [1.82, 2.24) is 0 Å². The Morgan fingerprint density at radius 3 is 2.70 bits per heavy atom. The van der Waals surface area contributed by atoms with Gasteiger partial charge in [0.25, 0.3) is 0 Å². The first-order valence-electron chi connectivity index (χ1n) is 3.59. The van der Waals surface area contributed by atoms with E-state index in [1.807, 2.05) is 0 Å². The lowest BCUT2D eigenvalue weighted by atomic mass is 10.2. The van der Waals surface area contributed by atoms with Gasteiger partial charge >= 0.3 is 5.97 Å². The lowest BCUT2D eigenvalue weighted by molar-refractivity contribution is -0.146. The second kappa shape index (κ2) is 5.23. The zero-order valence-electron chi connectivity index (χ0n) is 6.59. The number of rotatable bonds is 4. The topological polar surface area (TPSA) is 52.3 Å². The first kappa shape index (κ1) is 9.43. The van der Waals surface area contributed by atoms with Gasteiger partial charge in [0.2, 0.25) is 0 Å². The van der Waals surface area contributed by atoms with Gasteiger partial charge in [-0.3, -0.25) is 10.5 Å². The van der Waals surface area contributed by atoms with Crippen LogP contribution in [0.25, 0.3) is 0 Å². The number of nitrogens with two attached hydrogens (primary N) is 1. The Labute approximate surface area is 61.5 Å². The van der Waals surface area contributed by atoms with Crippen molar-refractivity contribution in [3.8, 4) is 0 Å². The van der Waals surface area contributed by atoms with Crippen LogP contribution in [0.1, 0.15) is 33.1 Å². The van der Waals surface area contributed by atoms with Crippen LogP contribution in [0.3, 0.4) is 0 Å². The van der Waals surface area contributed by atoms with Crippen LogP contribution in [0, 0.1) is 0 Å². The van der Waals surface area contributed by atoms with Crippen molar-refractivity contribution in [2.24, 2.45) is 5.73 Å². The molecule has 2 N–H and O–H groups in total. The van der Waals surface area contributed by atoms with Gasteiger partial charge in [0.1, 0.15) is 0 Å². The number of unbranched alkanes of at least 4 members (excludes halogenated alkanes) is 1. The van der Waals surface area contributed by atoms with Crippen LogP contribution >= 0.6 is 0 Å². The molecular formula is C7H15NO2. The molecule has 0 saturated carbocycles. The maximum Gasteiger partial charge on any atom is 0.304 e. The van der Waals surface area contributed by atoms with E-state index < -0.39 is 6.23 Å². The molecule has 0 heterocycles. The number of hydrogen-bond acceptors (Lipinski definition) is 3. The Kier molecular flexibility index (Phi) is 4.94. The minimum atomic E-state index is -0.405. The van der Waals surface area contributed by atoms with Crippen LogP contribution in [0.15, 0.2) is 0 Å². The molecule has 0 aliphatic rings. The van der Waals surface area contributed by atoms with Crippen molar-refractivity contribution >= 4 is 5.97 Å². The molecule has 3 nitrogen and oxygen atoms in total. The molecule has 10 heavy (non-hydrogen) atoms. The van der Waals surface area contributed by atoms with Crippen LogP contribution in [-0.4, -0.2) is 12.2 Å². The summed E-state index contributed by atoms with van der Waals surface area (Å²) in [7, 11) is 0. The monoisotopic (exact) mass is 145 g/mol. The van der Waals surface area contributed by atoms with E-state index in [0.717, 1.165) is 19.3 Å². The third kappa shape index (κ3) is 5.56. The van der Waals surface area contributed by atoms with E-state index in [0.29, 0.717) is 0 Å². The van der Waals surface area contributed by atoms with E-state index in [9.17, 15) is 4.79 Å². The summed E-state index contributed by atoms with van der Waals surface area (Å²) in [6.45, 7) is 3.44. The highest BCUT2D eigenvalue weighted by atomic mass is 16.5. The predicted molar refractivity (Wildman–Crippen MR) is 39.3 cm³/mol. The number of hydrogen-bond donors (Lipinski definition) is 1. The molecule has 60 valence electrons. The maximum absolute atomic E-state index is 10.3. The Balaban J connectivity index is 3.25. The molecular weight excluding hydrogens is 130 g/mol. The van der Waals surface area contributed by atoms with Crippen LogP contribution in [0.5, 0.6) is 0 Å². The van der Waals surface area contributed by atoms with Crippen molar-refractivity contribution in [1.29, 1.82) is 0 Å². The largest absolute Gasteiger partial charge is 0.447 e. The van der Waals surface area contributed by atoms with Gasteiger partial charge in [-0.1, -0.05) is 13.3 Å².